The molecule has 0 saturated heterocycles. The highest BCUT2D eigenvalue weighted by Gasteiger charge is 2.22. The van der Waals surface area contributed by atoms with Gasteiger partial charge in [-0.1, -0.05) is 11.3 Å². The van der Waals surface area contributed by atoms with Gasteiger partial charge in [-0.15, -0.1) is 0 Å². The van der Waals surface area contributed by atoms with Crippen molar-refractivity contribution in [2.24, 2.45) is 0 Å². The summed E-state index contributed by atoms with van der Waals surface area (Å²) in [5.74, 6) is -2.64. The summed E-state index contributed by atoms with van der Waals surface area (Å²) < 4.78 is 50.6. The van der Waals surface area contributed by atoms with Crippen LogP contribution in [0.25, 0.3) is 10.4 Å². The molecule has 1 N–H and O–H groups in total. The van der Waals surface area contributed by atoms with E-state index in [2.05, 4.69) is 10.3 Å². The quantitative estimate of drug-likeness (QED) is 0.927. The van der Waals surface area contributed by atoms with Crippen LogP contribution in [0.5, 0.6) is 0 Å². The van der Waals surface area contributed by atoms with Gasteiger partial charge in [0.15, 0.2) is 15.0 Å². The van der Waals surface area contributed by atoms with E-state index in [-0.39, 0.29) is 11.5 Å². The van der Waals surface area contributed by atoms with E-state index >= 15 is 0 Å². The van der Waals surface area contributed by atoms with E-state index in [1.807, 2.05) is 0 Å². The van der Waals surface area contributed by atoms with Crippen molar-refractivity contribution < 1.29 is 22.0 Å². The van der Waals surface area contributed by atoms with Gasteiger partial charge in [-0.05, 0) is 24.6 Å². The van der Waals surface area contributed by atoms with Gasteiger partial charge >= 0.3 is 0 Å². The number of aryl methyl sites for hydroxylation is 1. The van der Waals surface area contributed by atoms with Crippen LogP contribution in [0, 0.1) is 18.6 Å². The van der Waals surface area contributed by atoms with Gasteiger partial charge in [0, 0.05) is 13.2 Å². The Morgan fingerprint density at radius 3 is 2.27 bits per heavy atom. The smallest absolute Gasteiger partial charge is 0.223 e. The molecule has 1 amide bonds. The average molecular weight is 346 g/mol. The third kappa shape index (κ3) is 3.30. The summed E-state index contributed by atoms with van der Waals surface area (Å²) in [6.07, 6.45) is 0.737. The lowest BCUT2D eigenvalue weighted by molar-refractivity contribution is -0.114. The maximum Gasteiger partial charge on any atom is 0.223 e. The number of hydrogen-bond donors (Lipinski definition) is 1. The molecule has 22 heavy (non-hydrogen) atoms. The minimum atomic E-state index is -4.00. The maximum atomic E-state index is 13.9. The van der Waals surface area contributed by atoms with E-state index in [4.69, 9.17) is 0 Å². The van der Waals surface area contributed by atoms with Gasteiger partial charge in [0.05, 0.1) is 10.6 Å². The third-order valence-electron chi connectivity index (χ3n) is 2.71. The van der Waals surface area contributed by atoms with E-state index in [0.717, 1.165) is 29.7 Å². The zero-order valence-electron chi connectivity index (χ0n) is 11.9. The van der Waals surface area contributed by atoms with Crippen LogP contribution in [0.3, 0.4) is 0 Å². The lowest BCUT2D eigenvalue weighted by Crippen LogP contribution is -2.04. The summed E-state index contributed by atoms with van der Waals surface area (Å²) in [4.78, 5) is 14.6. The molecule has 0 bridgehead atoms. The topological polar surface area (TPSA) is 76.1 Å². The summed E-state index contributed by atoms with van der Waals surface area (Å²) in [5, 5.41) is 2.78. The number of hydrogen-bond acceptors (Lipinski definition) is 5. The molecule has 0 radical (unpaired) electrons. The number of carbonyl (C=O) groups is 1. The van der Waals surface area contributed by atoms with Crippen molar-refractivity contribution in [1.29, 1.82) is 0 Å². The van der Waals surface area contributed by atoms with Crippen LogP contribution >= 0.6 is 11.3 Å². The lowest BCUT2D eigenvalue weighted by atomic mass is 10.1. The van der Waals surface area contributed by atoms with Crippen molar-refractivity contribution in [2.45, 2.75) is 18.7 Å². The maximum absolute atomic E-state index is 13.9. The van der Waals surface area contributed by atoms with Crippen LogP contribution < -0.4 is 5.32 Å². The number of rotatable bonds is 3. The Bertz CT molecular complexity index is 837. The first-order valence-electron chi connectivity index (χ1n) is 6.04. The second kappa shape index (κ2) is 5.73. The Morgan fingerprint density at radius 2 is 1.82 bits per heavy atom. The SMILES string of the molecule is CC(=O)Nc1nc(C)c(-c2cc(F)c(S(C)(=O)=O)c(F)c2)s1. The van der Waals surface area contributed by atoms with Gasteiger partial charge in [-0.25, -0.2) is 22.2 Å². The molecule has 1 heterocycles. The molecule has 0 aliphatic rings. The second-order valence-electron chi connectivity index (χ2n) is 4.66. The lowest BCUT2D eigenvalue weighted by Gasteiger charge is -2.06. The number of thiazole rings is 1. The number of aromatic nitrogens is 1. The highest BCUT2D eigenvalue weighted by atomic mass is 32.2. The van der Waals surface area contributed by atoms with E-state index in [1.54, 1.807) is 6.92 Å². The second-order valence-corrected chi connectivity index (χ2v) is 7.61. The van der Waals surface area contributed by atoms with E-state index < -0.39 is 26.4 Å². The van der Waals surface area contributed by atoms with Crippen molar-refractivity contribution in [2.75, 3.05) is 11.6 Å². The van der Waals surface area contributed by atoms with Crippen LogP contribution in [-0.4, -0.2) is 25.6 Å². The number of benzene rings is 1. The van der Waals surface area contributed by atoms with Gasteiger partial charge in [0.2, 0.25) is 5.91 Å². The standard InChI is InChI=1S/C13H12F2N2O3S2/c1-6-11(21-13(16-6)17-7(2)18)8-4-9(14)12(10(15)5-8)22(3,19)20/h4-5H,1-3H3,(H,16,17,18). The Kier molecular flexibility index (Phi) is 4.30. The monoisotopic (exact) mass is 346 g/mol. The van der Waals surface area contributed by atoms with Gasteiger partial charge in [-0.3, -0.25) is 4.79 Å². The molecule has 9 heteroatoms. The zero-order chi connectivity index (χ0) is 16.7. The fraction of sp³-hybridized carbons (Fsp3) is 0.231. The molecule has 2 aromatic rings. The highest BCUT2D eigenvalue weighted by Crippen LogP contribution is 2.35. The zero-order valence-corrected chi connectivity index (χ0v) is 13.5. The van der Waals surface area contributed by atoms with Crippen molar-refractivity contribution in [3.05, 3.63) is 29.5 Å². The Morgan fingerprint density at radius 1 is 1.27 bits per heavy atom. The molecular formula is C13H12F2N2O3S2. The van der Waals surface area contributed by atoms with Gasteiger partial charge < -0.3 is 5.32 Å². The van der Waals surface area contributed by atoms with E-state index in [1.165, 1.54) is 6.92 Å². The highest BCUT2D eigenvalue weighted by molar-refractivity contribution is 7.90. The molecule has 1 aromatic heterocycles. The van der Waals surface area contributed by atoms with Gasteiger partial charge in [0.25, 0.3) is 0 Å². The molecule has 118 valence electrons. The number of carbonyl (C=O) groups excluding carboxylic acids is 1. The molecule has 0 aliphatic carbocycles. The predicted octanol–water partition coefficient (Wildman–Crippen LogP) is 2.76. The van der Waals surface area contributed by atoms with E-state index in [0.29, 0.717) is 15.7 Å². The molecule has 2 rings (SSSR count). The molecule has 0 aliphatic heterocycles. The third-order valence-corrected chi connectivity index (χ3v) is 4.96. The van der Waals surface area contributed by atoms with Crippen LogP contribution in [-0.2, 0) is 14.6 Å². The number of nitrogens with one attached hydrogen (secondary N) is 1. The molecule has 0 atom stereocenters. The molecule has 0 saturated carbocycles. The summed E-state index contributed by atoms with van der Waals surface area (Å²) >= 11 is 1.05. The summed E-state index contributed by atoms with van der Waals surface area (Å²) in [5.41, 5.74) is 0.633. The van der Waals surface area contributed by atoms with Crippen LogP contribution in [0.1, 0.15) is 12.6 Å². The summed E-state index contributed by atoms with van der Waals surface area (Å²) in [7, 11) is -4.00. The largest absolute Gasteiger partial charge is 0.302 e. The number of amides is 1. The molecule has 0 unspecified atom stereocenters. The fourth-order valence-electron chi connectivity index (χ4n) is 1.91. The van der Waals surface area contributed by atoms with Gasteiger partial charge in [-0.2, -0.15) is 0 Å². The number of halogens is 2. The van der Waals surface area contributed by atoms with Crippen LogP contribution in [0.4, 0.5) is 13.9 Å². The van der Waals surface area contributed by atoms with Crippen LogP contribution in [0.15, 0.2) is 17.0 Å². The van der Waals surface area contributed by atoms with E-state index in [9.17, 15) is 22.0 Å². The van der Waals surface area contributed by atoms with Crippen molar-refractivity contribution in [3.63, 3.8) is 0 Å². The summed E-state index contributed by atoms with van der Waals surface area (Å²) in [6, 6.07) is 1.88. The minimum Gasteiger partial charge on any atom is -0.302 e. The molecule has 0 spiro atoms. The fourth-order valence-corrected chi connectivity index (χ4v) is 3.74. The predicted molar refractivity (Wildman–Crippen MR) is 79.6 cm³/mol. The normalized spacial score (nSPS) is 11.5. The molecule has 5 nitrogen and oxygen atoms in total. The number of anilines is 1. The van der Waals surface area contributed by atoms with Crippen molar-refractivity contribution >= 4 is 32.2 Å². The van der Waals surface area contributed by atoms with Crippen molar-refractivity contribution in [3.8, 4) is 10.4 Å². The van der Waals surface area contributed by atoms with Crippen molar-refractivity contribution in [1.82, 2.24) is 4.98 Å². The first kappa shape index (κ1) is 16.5. The first-order chi connectivity index (χ1) is 10.1. The van der Waals surface area contributed by atoms with Gasteiger partial charge in [0.1, 0.15) is 16.5 Å². The number of nitrogens with zero attached hydrogens (tertiary/aromatic N) is 1. The molecular weight excluding hydrogens is 334 g/mol. The average Bonchev–Trinajstić information content (AvgIpc) is 2.66. The van der Waals surface area contributed by atoms with Crippen LogP contribution in [0.2, 0.25) is 0 Å². The Balaban J connectivity index is 2.56. The number of sulfone groups is 1. The Labute approximate surface area is 129 Å². The first-order valence-corrected chi connectivity index (χ1v) is 8.75. The molecule has 0 fully saturated rings. The summed E-state index contributed by atoms with van der Waals surface area (Å²) in [6.45, 7) is 2.94. The Hall–Kier alpha value is -1.87. The molecule has 1 aromatic carbocycles. The minimum absolute atomic E-state index is 0.161.